The molecule has 0 aliphatic rings. The zero-order valence-corrected chi connectivity index (χ0v) is 28.6. The molecule has 0 amide bonds. The van der Waals surface area contributed by atoms with Crippen LogP contribution in [0.1, 0.15) is 20.7 Å². The summed E-state index contributed by atoms with van der Waals surface area (Å²) in [5.74, 6) is -0.507. The molecular formula is C29H26Cl2I3O4+. The van der Waals surface area contributed by atoms with Crippen molar-refractivity contribution in [3.8, 4) is 0 Å². The van der Waals surface area contributed by atoms with Crippen LogP contribution in [0.25, 0.3) is 0 Å². The molecule has 4 aromatic rings. The Morgan fingerprint density at radius 2 is 0.868 bits per heavy atom. The summed E-state index contributed by atoms with van der Waals surface area (Å²) in [4.78, 5) is 23.2. The maximum absolute atomic E-state index is 11.6. The number of halogens is 5. The smallest absolute Gasteiger partial charge is 0.358 e. The van der Waals surface area contributed by atoms with E-state index in [2.05, 4.69) is 24.3 Å². The molecule has 0 saturated carbocycles. The van der Waals surface area contributed by atoms with Crippen molar-refractivity contribution in [3.05, 3.63) is 135 Å². The molecule has 200 valence electrons. The summed E-state index contributed by atoms with van der Waals surface area (Å²) >= 11 is 8.86. The van der Waals surface area contributed by atoms with E-state index in [-0.39, 0.29) is 83.7 Å². The number of ether oxygens (including phenoxy) is 2. The van der Waals surface area contributed by atoms with Crippen LogP contribution in [-0.4, -0.2) is 31.5 Å². The Bertz CT molecular complexity index is 1150. The monoisotopic (exact) mass is 889 g/mol. The second kappa shape index (κ2) is 20.5. The van der Waals surface area contributed by atoms with Crippen molar-refractivity contribution in [1.29, 1.82) is 0 Å². The van der Waals surface area contributed by atoms with Gasteiger partial charge in [-0.25, -0.2) is 9.59 Å². The van der Waals surface area contributed by atoms with Gasteiger partial charge in [0.2, 0.25) is 7.14 Å². The van der Waals surface area contributed by atoms with Gasteiger partial charge in [0.1, 0.15) is 11.1 Å². The molecular weight excluding hydrogens is 864 g/mol. The third-order valence-electron chi connectivity index (χ3n) is 4.45. The highest BCUT2D eigenvalue weighted by Gasteiger charge is 2.24. The Hall–Kier alpha value is -1.41. The van der Waals surface area contributed by atoms with Crippen LogP contribution in [0, 0.1) is 14.3 Å². The summed E-state index contributed by atoms with van der Waals surface area (Å²) in [5, 5.41) is 0.194. The minimum Gasteiger partial charge on any atom is -1.00 e. The topological polar surface area (TPSA) is 52.6 Å². The SMILES string of the molecule is COC(=O)c1ccccc1[I+]c1ccccc1.COC(=O)c1ccccc1[I+]c1ccccc1.ClCCl.[I-]. The van der Waals surface area contributed by atoms with E-state index in [0.717, 1.165) is 7.14 Å². The molecule has 0 saturated heterocycles. The van der Waals surface area contributed by atoms with Gasteiger partial charge < -0.3 is 33.5 Å². The number of carbonyl (C=O) groups is 2. The van der Waals surface area contributed by atoms with Crippen molar-refractivity contribution < 1.29 is 85.4 Å². The standard InChI is InChI=1S/2C14H12IO2.CH2Cl2.HI/c2*1-17-14(16)12-9-5-6-10-13(12)15-11-7-3-2-4-8-11;2-1-3;/h2*2-10H,1H3;1H2;1H/q2*+1;;/p-1. The van der Waals surface area contributed by atoms with E-state index in [0.29, 0.717) is 11.1 Å². The second-order valence-electron chi connectivity index (χ2n) is 6.82. The summed E-state index contributed by atoms with van der Waals surface area (Å²) in [6, 6.07) is 35.8. The number of rotatable bonds is 6. The molecule has 0 fully saturated rings. The van der Waals surface area contributed by atoms with Gasteiger partial charge in [-0.15, -0.1) is 23.2 Å². The van der Waals surface area contributed by atoms with E-state index < -0.39 is 0 Å². The molecule has 0 N–H and O–H groups in total. The number of esters is 2. The molecule has 0 aromatic heterocycles. The van der Waals surface area contributed by atoms with Gasteiger partial charge in [-0.1, -0.05) is 60.7 Å². The van der Waals surface area contributed by atoms with E-state index in [4.69, 9.17) is 32.7 Å². The third kappa shape index (κ3) is 12.2. The lowest BCUT2D eigenvalue weighted by atomic mass is 10.2. The number of methoxy groups -OCH3 is 2. The van der Waals surface area contributed by atoms with Crippen LogP contribution in [0.2, 0.25) is 0 Å². The fourth-order valence-corrected chi connectivity index (χ4v) is 7.88. The average molecular weight is 890 g/mol. The van der Waals surface area contributed by atoms with Crippen molar-refractivity contribution in [2.24, 2.45) is 0 Å². The average Bonchev–Trinajstić information content (AvgIpc) is 2.95. The van der Waals surface area contributed by atoms with Crippen molar-refractivity contribution in [2.45, 2.75) is 0 Å². The van der Waals surface area contributed by atoms with E-state index in [1.54, 1.807) is 0 Å². The van der Waals surface area contributed by atoms with Crippen LogP contribution in [0.3, 0.4) is 0 Å². The van der Waals surface area contributed by atoms with E-state index >= 15 is 0 Å². The van der Waals surface area contributed by atoms with Crippen LogP contribution in [0.4, 0.5) is 0 Å². The molecule has 4 nitrogen and oxygen atoms in total. The lowest BCUT2D eigenvalue weighted by molar-refractivity contribution is -0.598. The molecule has 38 heavy (non-hydrogen) atoms. The lowest BCUT2D eigenvalue weighted by Gasteiger charge is -1.98. The van der Waals surface area contributed by atoms with Crippen molar-refractivity contribution in [2.75, 3.05) is 19.6 Å². The van der Waals surface area contributed by atoms with Gasteiger partial charge in [0.25, 0.3) is 0 Å². The molecule has 9 heteroatoms. The largest absolute Gasteiger partial charge is 1.00 e. The van der Waals surface area contributed by atoms with Crippen LogP contribution in [-0.2, 0) is 9.47 Å². The summed E-state index contributed by atoms with van der Waals surface area (Å²) in [6.45, 7) is 0. The highest BCUT2D eigenvalue weighted by molar-refractivity contribution is 6.40. The first kappa shape index (κ1) is 34.6. The minimum absolute atomic E-state index is 0. The van der Waals surface area contributed by atoms with Gasteiger partial charge in [-0.2, -0.15) is 0 Å². The normalized spacial score (nSPS) is 9.37. The zero-order valence-electron chi connectivity index (χ0n) is 20.6. The molecule has 0 aliphatic carbocycles. The number of hydrogen-bond donors (Lipinski definition) is 0. The Morgan fingerprint density at radius 1 is 0.579 bits per heavy atom. The highest BCUT2D eigenvalue weighted by atomic mass is 127. The van der Waals surface area contributed by atoms with E-state index in [1.165, 1.54) is 21.4 Å². The van der Waals surface area contributed by atoms with Crippen LogP contribution < -0.4 is 66.4 Å². The number of alkyl halides is 2. The van der Waals surface area contributed by atoms with Gasteiger partial charge >= 0.3 is 54.3 Å². The first-order chi connectivity index (χ1) is 18.0. The predicted molar refractivity (Wildman–Crippen MR) is 140 cm³/mol. The molecule has 0 radical (unpaired) electrons. The van der Waals surface area contributed by atoms with Crippen LogP contribution >= 0.6 is 23.2 Å². The summed E-state index contributed by atoms with van der Waals surface area (Å²) in [5.41, 5.74) is 1.37. The lowest BCUT2D eigenvalue weighted by Crippen LogP contribution is -3.61. The number of benzene rings is 4. The maximum atomic E-state index is 11.6. The Labute approximate surface area is 272 Å². The van der Waals surface area contributed by atoms with Crippen molar-refractivity contribution >= 4 is 35.1 Å². The Kier molecular flexibility index (Phi) is 18.7. The molecule has 0 aliphatic heterocycles. The fourth-order valence-electron chi connectivity index (χ4n) is 2.83. The van der Waals surface area contributed by atoms with E-state index in [9.17, 15) is 9.59 Å². The van der Waals surface area contributed by atoms with E-state index in [1.807, 2.05) is 84.9 Å². The van der Waals surface area contributed by atoms with Crippen molar-refractivity contribution in [1.82, 2.24) is 0 Å². The Morgan fingerprint density at radius 3 is 1.18 bits per heavy atom. The fraction of sp³-hybridized carbons (Fsp3) is 0.103. The number of carbonyl (C=O) groups excluding carboxylic acids is 2. The first-order valence-corrected chi connectivity index (χ1v) is 16.3. The summed E-state index contributed by atoms with van der Waals surface area (Å²) in [7, 11) is 2.83. The van der Waals surface area contributed by atoms with Gasteiger partial charge in [-0.05, 0) is 48.5 Å². The third-order valence-corrected chi connectivity index (χ3v) is 10.2. The number of hydrogen-bond acceptors (Lipinski definition) is 4. The minimum atomic E-state index is -0.334. The molecule has 0 unspecified atom stereocenters. The van der Waals surface area contributed by atoms with Crippen LogP contribution in [0.5, 0.6) is 0 Å². The van der Waals surface area contributed by atoms with Gasteiger partial charge in [0.15, 0.2) is 7.14 Å². The second-order valence-corrected chi connectivity index (χ2v) is 13.5. The van der Waals surface area contributed by atoms with Crippen molar-refractivity contribution in [3.63, 3.8) is 0 Å². The first-order valence-electron chi connectivity index (χ1n) is 10.9. The molecule has 0 spiro atoms. The summed E-state index contributed by atoms with van der Waals surface area (Å²) < 4.78 is 14.4. The zero-order chi connectivity index (χ0) is 26.9. The molecule has 0 bridgehead atoms. The molecule has 4 aromatic carbocycles. The van der Waals surface area contributed by atoms with Gasteiger partial charge in [-0.3, -0.25) is 0 Å². The Balaban J connectivity index is 0.000000337. The maximum Gasteiger partial charge on any atom is 0.358 e. The summed E-state index contributed by atoms with van der Waals surface area (Å²) in [6.07, 6.45) is 0. The quantitative estimate of drug-likeness (QED) is 0.124. The van der Waals surface area contributed by atoms with Gasteiger partial charge in [0, 0.05) is 0 Å². The highest BCUT2D eigenvalue weighted by Crippen LogP contribution is 2.01. The molecule has 0 heterocycles. The predicted octanol–water partition coefficient (Wildman–Crippen LogP) is -2.37. The van der Waals surface area contributed by atoms with Crippen LogP contribution in [0.15, 0.2) is 109 Å². The molecule has 0 atom stereocenters. The van der Waals surface area contributed by atoms with Gasteiger partial charge in [0.05, 0.1) is 19.6 Å². The molecule has 4 rings (SSSR count).